The van der Waals surface area contributed by atoms with Gasteiger partial charge in [0, 0.05) is 6.42 Å². The molecule has 0 saturated heterocycles. The van der Waals surface area contributed by atoms with Gasteiger partial charge in [-0.25, -0.2) is 0 Å². The highest BCUT2D eigenvalue weighted by atomic mass is 19.4. The second-order valence-corrected chi connectivity index (χ2v) is 4.60. The molecule has 0 spiro atoms. The smallest absolute Gasteiger partial charge is 0.370 e. The minimum Gasteiger partial charge on any atom is -0.370 e. The van der Waals surface area contributed by atoms with E-state index in [2.05, 4.69) is 0 Å². The van der Waals surface area contributed by atoms with E-state index in [1.807, 2.05) is 0 Å². The molecule has 2 nitrogen and oxygen atoms in total. The van der Waals surface area contributed by atoms with Crippen LogP contribution in [0.5, 0.6) is 0 Å². The maximum atomic E-state index is 12.6. The molecule has 98 valence electrons. The van der Waals surface area contributed by atoms with Crippen molar-refractivity contribution in [2.75, 3.05) is 0 Å². The molecule has 0 aliphatic heterocycles. The summed E-state index contributed by atoms with van der Waals surface area (Å²) in [7, 11) is 0. The van der Waals surface area contributed by atoms with Gasteiger partial charge in [-0.2, -0.15) is 13.2 Å². The van der Waals surface area contributed by atoms with Crippen molar-refractivity contribution in [2.45, 2.75) is 44.7 Å². The predicted octanol–water partition coefficient (Wildman–Crippen LogP) is 3.18. The molecule has 1 aliphatic rings. The molecule has 0 heterocycles. The first kappa shape index (κ1) is 14.1. The lowest BCUT2D eigenvalue weighted by Gasteiger charge is -2.20. The van der Waals surface area contributed by atoms with Gasteiger partial charge in [0.2, 0.25) is 5.91 Å². The molecule has 1 amide bonds. The van der Waals surface area contributed by atoms with E-state index in [4.69, 9.17) is 5.73 Å². The molecule has 17 heavy (non-hydrogen) atoms. The summed E-state index contributed by atoms with van der Waals surface area (Å²) in [5.41, 5.74) is 4.83. The van der Waals surface area contributed by atoms with Crippen molar-refractivity contribution < 1.29 is 18.0 Å². The van der Waals surface area contributed by atoms with Crippen LogP contribution in [0, 0.1) is 11.8 Å². The Bertz CT molecular complexity index is 280. The number of alkyl halides is 3. The minimum atomic E-state index is -4.39. The van der Waals surface area contributed by atoms with E-state index in [1.54, 1.807) is 6.08 Å². The lowest BCUT2D eigenvalue weighted by molar-refractivity contribution is -0.165. The van der Waals surface area contributed by atoms with Gasteiger partial charge in [-0.3, -0.25) is 4.79 Å². The summed E-state index contributed by atoms with van der Waals surface area (Å²) in [5.74, 6) is -2.43. The van der Waals surface area contributed by atoms with Gasteiger partial charge in [0.15, 0.2) is 0 Å². The molecule has 0 aromatic rings. The third-order valence-corrected chi connectivity index (χ3v) is 3.11. The van der Waals surface area contributed by atoms with Crippen molar-refractivity contribution in [1.82, 2.24) is 0 Å². The Hall–Kier alpha value is -1.00. The molecule has 1 rings (SSSR count). The molecule has 0 bridgehead atoms. The Morgan fingerprint density at radius 1 is 1.29 bits per heavy atom. The van der Waals surface area contributed by atoms with Gasteiger partial charge < -0.3 is 5.73 Å². The van der Waals surface area contributed by atoms with Crippen LogP contribution in [0.1, 0.15) is 38.5 Å². The molecule has 1 aliphatic carbocycles. The van der Waals surface area contributed by atoms with Crippen LogP contribution in [0.3, 0.4) is 0 Å². The number of halogens is 3. The molecular weight excluding hydrogens is 231 g/mol. The monoisotopic (exact) mass is 249 g/mol. The maximum absolute atomic E-state index is 12.6. The summed E-state index contributed by atoms with van der Waals surface area (Å²) in [4.78, 5) is 10.6. The van der Waals surface area contributed by atoms with Gasteiger partial charge in [0.05, 0.1) is 5.92 Å². The summed E-state index contributed by atoms with van der Waals surface area (Å²) in [5, 5.41) is 0. The summed E-state index contributed by atoms with van der Waals surface area (Å²) < 4.78 is 37.7. The molecule has 0 radical (unpaired) electrons. The second kappa shape index (κ2) is 6.07. The van der Waals surface area contributed by atoms with E-state index in [1.165, 1.54) is 0 Å². The Kier molecular flexibility index (Phi) is 5.02. The predicted molar refractivity (Wildman–Crippen MR) is 59.1 cm³/mol. The highest BCUT2D eigenvalue weighted by Crippen LogP contribution is 2.31. The zero-order valence-corrected chi connectivity index (χ0v) is 9.67. The largest absolute Gasteiger partial charge is 0.395 e. The van der Waals surface area contributed by atoms with E-state index >= 15 is 0 Å². The molecule has 0 aromatic carbocycles. The Labute approximate surface area is 99.1 Å². The second-order valence-electron chi connectivity index (χ2n) is 4.60. The van der Waals surface area contributed by atoms with E-state index in [-0.39, 0.29) is 5.92 Å². The highest BCUT2D eigenvalue weighted by Gasteiger charge is 2.38. The molecule has 1 atom stereocenters. The summed E-state index contributed by atoms with van der Waals surface area (Å²) in [6, 6.07) is 0. The fraction of sp³-hybridized carbons (Fsp3) is 0.750. The number of carbonyl (C=O) groups is 1. The van der Waals surface area contributed by atoms with Gasteiger partial charge >= 0.3 is 6.18 Å². The van der Waals surface area contributed by atoms with Gasteiger partial charge in [-0.05, 0) is 18.8 Å². The molecule has 0 unspecified atom stereocenters. The van der Waals surface area contributed by atoms with Crippen LogP contribution in [0.25, 0.3) is 0 Å². The Morgan fingerprint density at radius 3 is 2.35 bits per heavy atom. The fourth-order valence-corrected chi connectivity index (χ4v) is 2.13. The highest BCUT2D eigenvalue weighted by molar-refractivity contribution is 5.74. The average molecular weight is 249 g/mol. The van der Waals surface area contributed by atoms with Crippen molar-refractivity contribution in [3.63, 3.8) is 0 Å². The van der Waals surface area contributed by atoms with Crippen molar-refractivity contribution in [3.05, 3.63) is 12.2 Å². The first-order valence-electron chi connectivity index (χ1n) is 5.93. The number of carbonyl (C=O) groups excluding carboxylic acids is 1. The van der Waals surface area contributed by atoms with E-state index in [0.717, 1.165) is 38.2 Å². The number of hydrogen-bond donors (Lipinski definition) is 1. The molecule has 0 aromatic heterocycles. The summed E-state index contributed by atoms with van der Waals surface area (Å²) in [6.07, 6.45) is 2.86. The third-order valence-electron chi connectivity index (χ3n) is 3.11. The molecule has 2 N–H and O–H groups in total. The van der Waals surface area contributed by atoms with Crippen LogP contribution in [0.2, 0.25) is 0 Å². The standard InChI is InChI=1S/C12H18F3NO/c13-12(14,15)10(8-11(16)17)7-6-9-4-2-1-3-5-9/h6-7,9-10H,1-5,8H2,(H2,16,17)/b7-6+/t10-/m1/s1. The van der Waals surface area contributed by atoms with E-state index in [0.29, 0.717) is 0 Å². The normalized spacial score (nSPS) is 20.6. The lowest BCUT2D eigenvalue weighted by Crippen LogP contribution is -2.27. The Morgan fingerprint density at radius 2 is 1.88 bits per heavy atom. The van der Waals surface area contributed by atoms with Crippen molar-refractivity contribution in [2.24, 2.45) is 17.6 Å². The van der Waals surface area contributed by atoms with Gasteiger partial charge in [0.1, 0.15) is 0 Å². The van der Waals surface area contributed by atoms with Crippen molar-refractivity contribution in [3.8, 4) is 0 Å². The number of rotatable bonds is 4. The van der Waals surface area contributed by atoms with Gasteiger partial charge in [-0.1, -0.05) is 31.4 Å². The number of amides is 1. The van der Waals surface area contributed by atoms with Crippen molar-refractivity contribution in [1.29, 1.82) is 0 Å². The number of allylic oxidation sites excluding steroid dienone is 2. The molecule has 1 saturated carbocycles. The molecule has 1 fully saturated rings. The van der Waals surface area contributed by atoms with Crippen LogP contribution in [-0.2, 0) is 4.79 Å². The zero-order valence-electron chi connectivity index (χ0n) is 9.67. The quantitative estimate of drug-likeness (QED) is 0.764. The first-order chi connectivity index (χ1) is 7.89. The van der Waals surface area contributed by atoms with Crippen molar-refractivity contribution >= 4 is 5.91 Å². The number of nitrogens with two attached hydrogens (primary N) is 1. The topological polar surface area (TPSA) is 43.1 Å². The van der Waals surface area contributed by atoms with E-state index < -0.39 is 24.4 Å². The number of hydrogen-bond acceptors (Lipinski definition) is 1. The Balaban J connectivity index is 2.58. The van der Waals surface area contributed by atoms with Crippen LogP contribution < -0.4 is 5.73 Å². The number of primary amides is 1. The molecule has 5 heteroatoms. The molecular formula is C12H18F3NO. The van der Waals surface area contributed by atoms with Crippen LogP contribution in [0.15, 0.2) is 12.2 Å². The van der Waals surface area contributed by atoms with Gasteiger partial charge in [0.25, 0.3) is 0 Å². The fourth-order valence-electron chi connectivity index (χ4n) is 2.13. The zero-order chi connectivity index (χ0) is 12.9. The van der Waals surface area contributed by atoms with Crippen LogP contribution in [-0.4, -0.2) is 12.1 Å². The maximum Gasteiger partial charge on any atom is 0.395 e. The summed E-state index contributed by atoms with van der Waals surface area (Å²) >= 11 is 0. The first-order valence-corrected chi connectivity index (χ1v) is 5.93. The SMILES string of the molecule is NC(=O)C[C@@H](/C=C/C1CCCCC1)C(F)(F)F. The third kappa shape index (κ3) is 5.24. The van der Waals surface area contributed by atoms with Gasteiger partial charge in [-0.15, -0.1) is 0 Å². The summed E-state index contributed by atoms with van der Waals surface area (Å²) in [6.45, 7) is 0. The van der Waals surface area contributed by atoms with E-state index in [9.17, 15) is 18.0 Å². The lowest BCUT2D eigenvalue weighted by atomic mass is 9.88. The van der Waals surface area contributed by atoms with Crippen LogP contribution >= 0.6 is 0 Å². The minimum absolute atomic E-state index is 0.224. The van der Waals surface area contributed by atoms with Crippen LogP contribution in [0.4, 0.5) is 13.2 Å². The average Bonchev–Trinajstić information content (AvgIpc) is 2.23.